The zero-order valence-electron chi connectivity index (χ0n) is 9.19. The molecule has 2 heteroatoms. The normalized spacial score (nSPS) is 12.1. The Kier molecular flexibility index (Phi) is 4.63. The summed E-state index contributed by atoms with van der Waals surface area (Å²) in [6, 6.07) is 7.72. The van der Waals surface area contributed by atoms with Crippen molar-refractivity contribution in [1.29, 1.82) is 0 Å². The Morgan fingerprint density at radius 3 is 2.60 bits per heavy atom. The molecule has 1 rings (SSSR count). The van der Waals surface area contributed by atoms with Gasteiger partial charge in [0.1, 0.15) is 0 Å². The number of benzene rings is 1. The van der Waals surface area contributed by atoms with Gasteiger partial charge in [0.15, 0.2) is 5.78 Å². The van der Waals surface area contributed by atoms with Crippen LogP contribution in [0.15, 0.2) is 36.9 Å². The zero-order chi connectivity index (χ0) is 11.3. The number of carbonyl (C=O) groups is 1. The monoisotopic (exact) mass is 220 g/mol. The first-order valence-electron chi connectivity index (χ1n) is 4.98. The molecule has 0 N–H and O–H groups in total. The summed E-state index contributed by atoms with van der Waals surface area (Å²) < 4.78 is 0. The molecular weight excluding hydrogens is 204 g/mol. The van der Waals surface area contributed by atoms with E-state index in [1.165, 1.54) is 5.56 Å². The van der Waals surface area contributed by atoms with E-state index < -0.39 is 0 Å². The third kappa shape index (κ3) is 3.56. The van der Waals surface area contributed by atoms with Gasteiger partial charge < -0.3 is 0 Å². The van der Waals surface area contributed by atoms with Crippen molar-refractivity contribution in [2.24, 2.45) is 0 Å². The summed E-state index contributed by atoms with van der Waals surface area (Å²) in [6.45, 7) is 7.60. The van der Waals surface area contributed by atoms with Crippen molar-refractivity contribution >= 4 is 17.5 Å². The molecule has 15 heavy (non-hydrogen) atoms. The van der Waals surface area contributed by atoms with E-state index in [1.54, 1.807) is 11.8 Å². The molecule has 0 aliphatic heterocycles. The number of thioether (sulfide) groups is 1. The van der Waals surface area contributed by atoms with Crippen LogP contribution in [0.4, 0.5) is 0 Å². The van der Waals surface area contributed by atoms with E-state index in [2.05, 4.69) is 6.58 Å². The van der Waals surface area contributed by atoms with Gasteiger partial charge >= 0.3 is 0 Å². The lowest BCUT2D eigenvalue weighted by Crippen LogP contribution is -2.13. The number of hydrogen-bond donors (Lipinski definition) is 0. The summed E-state index contributed by atoms with van der Waals surface area (Å²) in [5.41, 5.74) is 1.97. The van der Waals surface area contributed by atoms with Gasteiger partial charge in [0, 0.05) is 11.3 Å². The second-order valence-electron chi connectivity index (χ2n) is 3.49. The highest BCUT2D eigenvalue weighted by atomic mass is 32.2. The Hall–Kier alpha value is -1.02. The van der Waals surface area contributed by atoms with E-state index in [0.29, 0.717) is 0 Å². The van der Waals surface area contributed by atoms with Crippen LogP contribution in [0, 0.1) is 6.92 Å². The molecule has 1 unspecified atom stereocenters. The number of ketones is 1. The van der Waals surface area contributed by atoms with Gasteiger partial charge in [0.05, 0.1) is 5.25 Å². The fourth-order valence-electron chi connectivity index (χ4n) is 1.24. The van der Waals surface area contributed by atoms with Crippen molar-refractivity contribution < 1.29 is 4.79 Å². The molecule has 1 aromatic rings. The molecule has 0 aliphatic carbocycles. The first-order chi connectivity index (χ1) is 7.15. The number of carbonyl (C=O) groups excluding carboxylic acids is 1. The van der Waals surface area contributed by atoms with Gasteiger partial charge in [-0.15, -0.1) is 18.3 Å². The first-order valence-corrected chi connectivity index (χ1v) is 6.03. The van der Waals surface area contributed by atoms with Crippen LogP contribution in [0.2, 0.25) is 0 Å². The van der Waals surface area contributed by atoms with Crippen LogP contribution in [0.1, 0.15) is 22.8 Å². The third-order valence-corrected chi connectivity index (χ3v) is 3.31. The Morgan fingerprint density at radius 2 is 2.07 bits per heavy atom. The molecular formula is C13H16OS. The van der Waals surface area contributed by atoms with Crippen molar-refractivity contribution in [3.8, 4) is 0 Å². The first kappa shape index (κ1) is 12.1. The van der Waals surface area contributed by atoms with Crippen molar-refractivity contribution in [2.75, 3.05) is 5.75 Å². The molecule has 0 amide bonds. The van der Waals surface area contributed by atoms with E-state index in [0.717, 1.165) is 11.3 Å². The van der Waals surface area contributed by atoms with Gasteiger partial charge in [-0.1, -0.05) is 35.9 Å². The predicted octanol–water partition coefficient (Wildman–Crippen LogP) is 3.49. The predicted molar refractivity (Wildman–Crippen MR) is 67.6 cm³/mol. The highest BCUT2D eigenvalue weighted by Gasteiger charge is 2.14. The Labute approximate surface area is 95.6 Å². The molecule has 0 heterocycles. The number of rotatable bonds is 5. The summed E-state index contributed by atoms with van der Waals surface area (Å²) in [6.07, 6.45) is 1.82. The highest BCUT2D eigenvalue weighted by Crippen LogP contribution is 2.16. The smallest absolute Gasteiger partial charge is 0.175 e. The second-order valence-corrected chi connectivity index (χ2v) is 4.87. The third-order valence-electron chi connectivity index (χ3n) is 2.17. The van der Waals surface area contributed by atoms with Crippen LogP contribution in [0.25, 0.3) is 0 Å². The van der Waals surface area contributed by atoms with Crippen LogP contribution in [0.5, 0.6) is 0 Å². The number of Topliss-reactive ketones (excluding diaryl/α,β-unsaturated/α-hetero) is 1. The quantitative estimate of drug-likeness (QED) is 0.558. The molecule has 1 nitrogen and oxygen atoms in total. The van der Waals surface area contributed by atoms with Crippen LogP contribution >= 0.6 is 11.8 Å². The fraction of sp³-hybridized carbons (Fsp3) is 0.308. The van der Waals surface area contributed by atoms with Gasteiger partial charge in [-0.25, -0.2) is 0 Å². The summed E-state index contributed by atoms with van der Waals surface area (Å²) in [7, 11) is 0. The maximum atomic E-state index is 11.9. The maximum Gasteiger partial charge on any atom is 0.175 e. The fourth-order valence-corrected chi connectivity index (χ4v) is 1.95. The van der Waals surface area contributed by atoms with E-state index in [1.807, 2.05) is 44.2 Å². The summed E-state index contributed by atoms with van der Waals surface area (Å²) in [5.74, 6) is 1.01. The molecule has 0 spiro atoms. The lowest BCUT2D eigenvalue weighted by molar-refractivity contribution is 0.0994. The van der Waals surface area contributed by atoms with E-state index in [-0.39, 0.29) is 11.0 Å². The molecule has 1 atom stereocenters. The van der Waals surface area contributed by atoms with E-state index >= 15 is 0 Å². The summed E-state index contributed by atoms with van der Waals surface area (Å²) in [4.78, 5) is 11.9. The summed E-state index contributed by atoms with van der Waals surface area (Å²) in [5, 5.41) is 0.00528. The van der Waals surface area contributed by atoms with Gasteiger partial charge in [-0.05, 0) is 13.8 Å². The molecule has 0 bridgehead atoms. The van der Waals surface area contributed by atoms with Crippen molar-refractivity contribution in [1.82, 2.24) is 0 Å². The van der Waals surface area contributed by atoms with Crippen molar-refractivity contribution in [2.45, 2.75) is 19.1 Å². The maximum absolute atomic E-state index is 11.9. The van der Waals surface area contributed by atoms with Crippen LogP contribution in [-0.4, -0.2) is 16.8 Å². The lowest BCUT2D eigenvalue weighted by Gasteiger charge is -2.08. The van der Waals surface area contributed by atoms with Crippen LogP contribution in [0.3, 0.4) is 0 Å². The minimum atomic E-state index is 0.00528. The molecule has 0 radical (unpaired) electrons. The molecule has 80 valence electrons. The SMILES string of the molecule is C=CCSC(C)C(=O)c1ccc(C)cc1. The molecule has 0 fully saturated rings. The number of aryl methyl sites for hydroxylation is 1. The zero-order valence-corrected chi connectivity index (χ0v) is 10.0. The lowest BCUT2D eigenvalue weighted by atomic mass is 10.1. The number of hydrogen-bond acceptors (Lipinski definition) is 2. The van der Waals surface area contributed by atoms with Gasteiger partial charge in [-0.3, -0.25) is 4.79 Å². The largest absolute Gasteiger partial charge is 0.293 e. The minimum Gasteiger partial charge on any atom is -0.293 e. The van der Waals surface area contributed by atoms with Crippen LogP contribution < -0.4 is 0 Å². The standard InChI is InChI=1S/C13H16OS/c1-4-9-15-11(3)13(14)12-7-5-10(2)6-8-12/h4-8,11H,1,9H2,2-3H3. The van der Waals surface area contributed by atoms with Gasteiger partial charge in [0.25, 0.3) is 0 Å². The average Bonchev–Trinajstić information content (AvgIpc) is 2.26. The minimum absolute atomic E-state index is 0.00528. The summed E-state index contributed by atoms with van der Waals surface area (Å²) >= 11 is 1.62. The molecule has 0 saturated heterocycles. The average molecular weight is 220 g/mol. The second kappa shape index (κ2) is 5.76. The topological polar surface area (TPSA) is 17.1 Å². The molecule has 1 aromatic carbocycles. The van der Waals surface area contributed by atoms with E-state index in [4.69, 9.17) is 0 Å². The van der Waals surface area contributed by atoms with E-state index in [9.17, 15) is 4.79 Å². The Bertz CT molecular complexity index is 340. The Balaban J connectivity index is 2.67. The molecule has 0 saturated carbocycles. The molecule has 0 aromatic heterocycles. The van der Waals surface area contributed by atoms with Crippen LogP contribution in [-0.2, 0) is 0 Å². The van der Waals surface area contributed by atoms with Crippen molar-refractivity contribution in [3.63, 3.8) is 0 Å². The van der Waals surface area contributed by atoms with Gasteiger partial charge in [0.2, 0.25) is 0 Å². The van der Waals surface area contributed by atoms with Gasteiger partial charge in [-0.2, -0.15) is 0 Å². The highest BCUT2D eigenvalue weighted by molar-refractivity contribution is 8.00. The van der Waals surface area contributed by atoms with Crippen molar-refractivity contribution in [3.05, 3.63) is 48.0 Å². The Morgan fingerprint density at radius 1 is 1.47 bits per heavy atom. The molecule has 0 aliphatic rings.